The summed E-state index contributed by atoms with van der Waals surface area (Å²) in [5.41, 5.74) is 1.65. The second kappa shape index (κ2) is 5.93. The van der Waals surface area contributed by atoms with Gasteiger partial charge in [0.25, 0.3) is 0 Å². The number of nitrogens with zero attached hydrogens (tertiary/aromatic N) is 2. The van der Waals surface area contributed by atoms with E-state index in [1.807, 2.05) is 14.0 Å². The number of nitrogens with one attached hydrogen (secondary N) is 1. The van der Waals surface area contributed by atoms with E-state index in [1.165, 1.54) is 12.1 Å². The zero-order valence-corrected chi connectivity index (χ0v) is 12.4. The fourth-order valence-corrected chi connectivity index (χ4v) is 2.97. The molecule has 0 bridgehead atoms. The molecule has 1 fully saturated rings. The van der Waals surface area contributed by atoms with Gasteiger partial charge in [-0.2, -0.15) is 4.98 Å². The monoisotopic (exact) mass is 289 g/mol. The minimum Gasteiger partial charge on any atom is -0.339 e. The lowest BCUT2D eigenvalue weighted by Gasteiger charge is -2.25. The molecule has 0 unspecified atom stereocenters. The molecule has 0 amide bonds. The van der Waals surface area contributed by atoms with Crippen LogP contribution in [-0.4, -0.2) is 23.2 Å². The van der Waals surface area contributed by atoms with Crippen LogP contribution < -0.4 is 5.32 Å². The molecule has 2 aromatic rings. The Bertz CT molecular complexity index is 618. The van der Waals surface area contributed by atoms with Gasteiger partial charge in [0.05, 0.1) is 0 Å². The maximum Gasteiger partial charge on any atom is 0.230 e. The molecule has 3 rings (SSSR count). The third kappa shape index (κ3) is 2.97. The van der Waals surface area contributed by atoms with Gasteiger partial charge in [0.15, 0.2) is 0 Å². The van der Waals surface area contributed by atoms with Crippen molar-refractivity contribution in [2.75, 3.05) is 7.05 Å². The highest BCUT2D eigenvalue weighted by Crippen LogP contribution is 2.33. The van der Waals surface area contributed by atoms with E-state index in [0.717, 1.165) is 31.2 Å². The summed E-state index contributed by atoms with van der Waals surface area (Å²) in [6.45, 7) is 1.92. The predicted molar refractivity (Wildman–Crippen MR) is 78.5 cm³/mol. The van der Waals surface area contributed by atoms with Crippen molar-refractivity contribution in [3.05, 3.63) is 35.5 Å². The molecule has 0 radical (unpaired) electrons. The highest BCUT2D eigenvalue weighted by atomic mass is 19.1. The fourth-order valence-electron chi connectivity index (χ4n) is 2.97. The lowest BCUT2D eigenvalue weighted by Crippen LogP contribution is -2.29. The van der Waals surface area contributed by atoms with Crippen molar-refractivity contribution in [2.45, 2.75) is 44.6 Å². The van der Waals surface area contributed by atoms with Gasteiger partial charge in [-0.1, -0.05) is 11.2 Å². The van der Waals surface area contributed by atoms with Crippen molar-refractivity contribution in [1.82, 2.24) is 15.5 Å². The van der Waals surface area contributed by atoms with Gasteiger partial charge in [-0.15, -0.1) is 0 Å². The molecule has 1 saturated carbocycles. The van der Waals surface area contributed by atoms with Crippen molar-refractivity contribution in [1.29, 1.82) is 0 Å². The molecule has 1 aliphatic rings. The number of halogens is 1. The summed E-state index contributed by atoms with van der Waals surface area (Å²) in [5.74, 6) is 1.21. The molecule has 0 aliphatic heterocycles. The third-order valence-electron chi connectivity index (χ3n) is 4.37. The van der Waals surface area contributed by atoms with Crippen LogP contribution in [0.25, 0.3) is 11.4 Å². The molecule has 4 nitrogen and oxygen atoms in total. The van der Waals surface area contributed by atoms with Gasteiger partial charge in [0.1, 0.15) is 5.82 Å². The van der Waals surface area contributed by atoms with Crippen molar-refractivity contribution < 1.29 is 8.91 Å². The average Bonchev–Trinajstić information content (AvgIpc) is 2.99. The van der Waals surface area contributed by atoms with E-state index in [4.69, 9.17) is 4.52 Å². The molecule has 1 aromatic heterocycles. The van der Waals surface area contributed by atoms with Crippen molar-refractivity contribution in [3.63, 3.8) is 0 Å². The summed E-state index contributed by atoms with van der Waals surface area (Å²) in [6.07, 6.45) is 4.35. The molecule has 0 saturated heterocycles. The second-order valence-corrected chi connectivity index (χ2v) is 5.75. The Kier molecular flexibility index (Phi) is 4.01. The van der Waals surface area contributed by atoms with Gasteiger partial charge >= 0.3 is 0 Å². The summed E-state index contributed by atoms with van der Waals surface area (Å²) < 4.78 is 18.8. The van der Waals surface area contributed by atoms with Gasteiger partial charge in [0.2, 0.25) is 11.7 Å². The molecule has 0 atom stereocenters. The van der Waals surface area contributed by atoms with Crippen LogP contribution in [-0.2, 0) is 0 Å². The summed E-state index contributed by atoms with van der Waals surface area (Å²) >= 11 is 0. The molecule has 5 heteroatoms. The van der Waals surface area contributed by atoms with Crippen LogP contribution in [0.2, 0.25) is 0 Å². The van der Waals surface area contributed by atoms with Crippen molar-refractivity contribution in [3.8, 4) is 11.4 Å². The first-order chi connectivity index (χ1) is 10.2. The summed E-state index contributed by atoms with van der Waals surface area (Å²) in [6, 6.07) is 5.23. The van der Waals surface area contributed by atoms with Crippen molar-refractivity contribution in [2.24, 2.45) is 0 Å². The predicted octanol–water partition coefficient (Wildman–Crippen LogP) is 3.43. The number of benzene rings is 1. The number of rotatable bonds is 3. The molecule has 112 valence electrons. The Morgan fingerprint density at radius 3 is 2.71 bits per heavy atom. The fraction of sp³-hybridized carbons (Fsp3) is 0.500. The van der Waals surface area contributed by atoms with E-state index in [1.54, 1.807) is 6.07 Å². The molecule has 1 heterocycles. The lowest BCUT2D eigenvalue weighted by atomic mass is 9.86. The molecular weight excluding hydrogens is 269 g/mol. The van der Waals surface area contributed by atoms with Gasteiger partial charge in [0, 0.05) is 17.5 Å². The number of hydrogen-bond donors (Lipinski definition) is 1. The quantitative estimate of drug-likeness (QED) is 0.940. The van der Waals surface area contributed by atoms with Crippen LogP contribution in [0, 0.1) is 12.7 Å². The highest BCUT2D eigenvalue weighted by molar-refractivity contribution is 5.59. The summed E-state index contributed by atoms with van der Waals surface area (Å²) in [7, 11) is 2.00. The second-order valence-electron chi connectivity index (χ2n) is 5.75. The van der Waals surface area contributed by atoms with Crippen molar-refractivity contribution >= 4 is 0 Å². The van der Waals surface area contributed by atoms with Gasteiger partial charge in [-0.25, -0.2) is 4.39 Å². The number of hydrogen-bond acceptors (Lipinski definition) is 4. The minimum atomic E-state index is -0.281. The molecule has 1 aromatic carbocycles. The van der Waals surface area contributed by atoms with Crippen LogP contribution in [0.5, 0.6) is 0 Å². The Morgan fingerprint density at radius 1 is 1.24 bits per heavy atom. The van der Waals surface area contributed by atoms with E-state index in [9.17, 15) is 4.39 Å². The highest BCUT2D eigenvalue weighted by Gasteiger charge is 2.26. The van der Waals surface area contributed by atoms with Gasteiger partial charge in [-0.05, 0) is 57.4 Å². The normalized spacial score (nSPS) is 22.4. The Labute approximate surface area is 123 Å². The van der Waals surface area contributed by atoms with Crippen LogP contribution in [0.3, 0.4) is 0 Å². The molecule has 1 N–H and O–H groups in total. The van der Waals surface area contributed by atoms with Crippen LogP contribution in [0.1, 0.15) is 43.1 Å². The molecule has 1 aliphatic carbocycles. The van der Waals surface area contributed by atoms with E-state index in [-0.39, 0.29) is 5.82 Å². The molecule has 0 spiro atoms. The van der Waals surface area contributed by atoms with Crippen LogP contribution in [0.15, 0.2) is 22.7 Å². The van der Waals surface area contributed by atoms with Crippen LogP contribution >= 0.6 is 0 Å². The van der Waals surface area contributed by atoms with E-state index in [2.05, 4.69) is 15.5 Å². The maximum atomic E-state index is 13.4. The lowest BCUT2D eigenvalue weighted by molar-refractivity contribution is 0.289. The van der Waals surface area contributed by atoms with E-state index in [0.29, 0.717) is 29.2 Å². The largest absolute Gasteiger partial charge is 0.339 e. The number of aromatic nitrogens is 2. The Morgan fingerprint density at radius 2 is 2.00 bits per heavy atom. The topological polar surface area (TPSA) is 51.0 Å². The minimum absolute atomic E-state index is 0.281. The third-order valence-corrected chi connectivity index (χ3v) is 4.37. The summed E-state index contributed by atoms with van der Waals surface area (Å²) in [4.78, 5) is 4.49. The zero-order chi connectivity index (χ0) is 14.8. The van der Waals surface area contributed by atoms with E-state index < -0.39 is 0 Å². The van der Waals surface area contributed by atoms with Gasteiger partial charge < -0.3 is 9.84 Å². The first-order valence-electron chi connectivity index (χ1n) is 7.44. The molecular formula is C16H20FN3O. The van der Waals surface area contributed by atoms with E-state index >= 15 is 0 Å². The maximum absolute atomic E-state index is 13.4. The first kappa shape index (κ1) is 14.2. The standard InChI is InChI=1S/C16H20FN3O/c1-10-3-6-12(17)9-14(10)15-19-16(21-20-15)11-4-7-13(18-2)8-5-11/h3,6,9,11,13,18H,4-5,7-8H2,1-2H3. The Hall–Kier alpha value is -1.75. The number of aryl methyl sites for hydroxylation is 1. The van der Waals surface area contributed by atoms with Crippen LogP contribution in [0.4, 0.5) is 4.39 Å². The molecule has 21 heavy (non-hydrogen) atoms. The zero-order valence-electron chi connectivity index (χ0n) is 12.4. The summed E-state index contributed by atoms with van der Waals surface area (Å²) in [5, 5.41) is 7.35. The Balaban J connectivity index is 1.79. The SMILES string of the molecule is CNC1CCC(c2nc(-c3cc(F)ccc3C)no2)CC1. The smallest absolute Gasteiger partial charge is 0.230 e. The average molecular weight is 289 g/mol. The first-order valence-corrected chi connectivity index (χ1v) is 7.44. The van der Waals surface area contributed by atoms with Gasteiger partial charge in [-0.3, -0.25) is 0 Å².